The molecule has 158 valence electrons. The van der Waals surface area contributed by atoms with Crippen molar-refractivity contribution in [1.82, 2.24) is 15.0 Å². The number of nitrogens with zero attached hydrogens (tertiary/aromatic N) is 3. The van der Waals surface area contributed by atoms with Crippen LogP contribution in [0.5, 0.6) is 0 Å². The molecule has 1 aromatic heterocycles. The number of carbonyl (C=O) groups excluding carboxylic acids is 1. The van der Waals surface area contributed by atoms with Crippen LogP contribution in [0.25, 0.3) is 34.2 Å². The van der Waals surface area contributed by atoms with Crippen molar-refractivity contribution in [3.8, 4) is 34.2 Å². The number of esters is 1. The van der Waals surface area contributed by atoms with Crippen molar-refractivity contribution < 1.29 is 9.53 Å². The fourth-order valence-corrected chi connectivity index (χ4v) is 4.27. The summed E-state index contributed by atoms with van der Waals surface area (Å²) in [5.41, 5.74) is 4.18. The lowest BCUT2D eigenvalue weighted by Gasteiger charge is -2.31. The summed E-state index contributed by atoms with van der Waals surface area (Å²) in [6.07, 6.45) is 7.59. The zero-order valence-corrected chi connectivity index (χ0v) is 17.6. The van der Waals surface area contributed by atoms with Crippen molar-refractivity contribution in [2.24, 2.45) is 0 Å². The molecule has 5 heteroatoms. The highest BCUT2D eigenvalue weighted by Gasteiger charge is 2.34. The minimum absolute atomic E-state index is 0.0216. The van der Waals surface area contributed by atoms with Crippen molar-refractivity contribution in [3.05, 3.63) is 114 Å². The Hall–Kier alpha value is -4.38. The molecule has 0 radical (unpaired) electrons. The summed E-state index contributed by atoms with van der Waals surface area (Å²) in [5, 5.41) is 0. The SMILES string of the molecule is O=C1OC2C=CC=CC2c2cc(-c3nc(-c4ccccc4)nc(-c4ccccc4)n3)ccc21. The first-order chi connectivity index (χ1) is 16.3. The molecule has 0 N–H and O–H groups in total. The minimum atomic E-state index is -0.302. The maximum atomic E-state index is 12.5. The average molecular weight is 429 g/mol. The number of fused-ring (bicyclic) bond motifs is 3. The van der Waals surface area contributed by atoms with E-state index in [1.807, 2.05) is 97.1 Å². The van der Waals surface area contributed by atoms with E-state index in [9.17, 15) is 4.79 Å². The van der Waals surface area contributed by atoms with Gasteiger partial charge in [0.05, 0.1) is 5.56 Å². The first kappa shape index (κ1) is 19.3. The van der Waals surface area contributed by atoms with Crippen LogP contribution in [-0.4, -0.2) is 27.0 Å². The lowest BCUT2D eigenvalue weighted by atomic mass is 9.84. The topological polar surface area (TPSA) is 65.0 Å². The van der Waals surface area contributed by atoms with Crippen LogP contribution in [0, 0.1) is 0 Å². The lowest BCUT2D eigenvalue weighted by molar-refractivity contribution is 0.0324. The average Bonchev–Trinajstić information content (AvgIpc) is 2.89. The highest BCUT2D eigenvalue weighted by Crippen LogP contribution is 2.37. The van der Waals surface area contributed by atoms with Crippen LogP contribution in [0.2, 0.25) is 0 Å². The third-order valence-corrected chi connectivity index (χ3v) is 5.92. The van der Waals surface area contributed by atoms with E-state index in [-0.39, 0.29) is 18.0 Å². The van der Waals surface area contributed by atoms with Gasteiger partial charge in [-0.25, -0.2) is 19.7 Å². The van der Waals surface area contributed by atoms with Gasteiger partial charge in [0.2, 0.25) is 0 Å². The maximum Gasteiger partial charge on any atom is 0.339 e. The van der Waals surface area contributed by atoms with Crippen molar-refractivity contribution in [2.75, 3.05) is 0 Å². The number of hydrogen-bond donors (Lipinski definition) is 0. The van der Waals surface area contributed by atoms with Crippen LogP contribution < -0.4 is 0 Å². The summed E-state index contributed by atoms with van der Waals surface area (Å²) >= 11 is 0. The third-order valence-electron chi connectivity index (χ3n) is 5.92. The van der Waals surface area contributed by atoms with Gasteiger partial charge in [0, 0.05) is 22.6 Å². The molecule has 1 aliphatic heterocycles. The zero-order valence-electron chi connectivity index (χ0n) is 17.6. The standard InChI is InChI=1S/C28H19N3O2/c32-28-22-16-15-20(17-23(22)21-13-7-8-14-24(21)33-28)27-30-25(18-9-3-1-4-10-18)29-26(31-27)19-11-5-2-6-12-19/h1-17,21,24H. The van der Waals surface area contributed by atoms with E-state index in [0.29, 0.717) is 23.0 Å². The molecule has 2 unspecified atom stereocenters. The molecule has 0 saturated carbocycles. The highest BCUT2D eigenvalue weighted by atomic mass is 16.5. The molecular formula is C28H19N3O2. The van der Waals surface area contributed by atoms with E-state index in [1.54, 1.807) is 0 Å². The third kappa shape index (κ3) is 3.53. The van der Waals surface area contributed by atoms with Crippen molar-refractivity contribution >= 4 is 5.97 Å². The van der Waals surface area contributed by atoms with Gasteiger partial charge in [0.15, 0.2) is 17.5 Å². The number of carbonyl (C=O) groups is 1. The molecule has 0 fully saturated rings. The highest BCUT2D eigenvalue weighted by molar-refractivity contribution is 5.94. The Labute approximate surface area is 191 Å². The second-order valence-corrected chi connectivity index (χ2v) is 8.01. The Morgan fingerprint density at radius 2 is 1.21 bits per heavy atom. The van der Waals surface area contributed by atoms with E-state index >= 15 is 0 Å². The molecule has 0 amide bonds. The first-order valence-corrected chi connectivity index (χ1v) is 10.8. The number of hydrogen-bond acceptors (Lipinski definition) is 5. The van der Waals surface area contributed by atoms with Crippen LogP contribution in [0.15, 0.2) is 103 Å². The summed E-state index contributed by atoms with van der Waals surface area (Å²) in [6.45, 7) is 0. The van der Waals surface area contributed by atoms with Crippen molar-refractivity contribution in [3.63, 3.8) is 0 Å². The summed E-state index contributed by atoms with van der Waals surface area (Å²) in [4.78, 5) is 26.9. The van der Waals surface area contributed by atoms with Gasteiger partial charge in [0.25, 0.3) is 0 Å². The van der Waals surface area contributed by atoms with Gasteiger partial charge >= 0.3 is 5.97 Å². The molecule has 0 saturated heterocycles. The maximum absolute atomic E-state index is 12.5. The van der Waals surface area contributed by atoms with Gasteiger partial charge in [0.1, 0.15) is 6.10 Å². The second-order valence-electron chi connectivity index (χ2n) is 8.01. The summed E-state index contributed by atoms with van der Waals surface area (Å²) in [7, 11) is 0. The van der Waals surface area contributed by atoms with Gasteiger partial charge in [-0.2, -0.15) is 0 Å². The molecule has 2 aliphatic rings. The Morgan fingerprint density at radius 1 is 0.636 bits per heavy atom. The second kappa shape index (κ2) is 7.95. The first-order valence-electron chi connectivity index (χ1n) is 10.8. The predicted molar refractivity (Wildman–Crippen MR) is 126 cm³/mol. The fraction of sp³-hybridized carbons (Fsp3) is 0.0714. The molecule has 33 heavy (non-hydrogen) atoms. The van der Waals surface area contributed by atoms with Gasteiger partial charge in [-0.15, -0.1) is 0 Å². The number of rotatable bonds is 3. The largest absolute Gasteiger partial charge is 0.454 e. The van der Waals surface area contributed by atoms with E-state index in [2.05, 4.69) is 6.08 Å². The van der Waals surface area contributed by atoms with E-state index in [1.165, 1.54) is 0 Å². The summed E-state index contributed by atoms with van der Waals surface area (Å²) in [5.74, 6) is 1.45. The Balaban J connectivity index is 1.52. The van der Waals surface area contributed by atoms with Crippen LogP contribution in [0.4, 0.5) is 0 Å². The predicted octanol–water partition coefficient (Wildman–Crippen LogP) is 5.62. The molecule has 2 heterocycles. The smallest absolute Gasteiger partial charge is 0.339 e. The Morgan fingerprint density at radius 3 is 1.85 bits per heavy atom. The monoisotopic (exact) mass is 429 g/mol. The van der Waals surface area contributed by atoms with Crippen LogP contribution >= 0.6 is 0 Å². The number of allylic oxidation sites excluding steroid dienone is 2. The minimum Gasteiger partial charge on any atom is -0.454 e. The quantitative estimate of drug-likeness (QED) is 0.396. The Bertz CT molecular complexity index is 1350. The summed E-state index contributed by atoms with van der Waals surface area (Å²) in [6, 6.07) is 25.4. The molecule has 2 atom stereocenters. The van der Waals surface area contributed by atoms with Crippen LogP contribution in [0.1, 0.15) is 21.8 Å². The molecule has 0 spiro atoms. The molecule has 6 rings (SSSR count). The molecule has 1 aliphatic carbocycles. The molecule has 3 aromatic carbocycles. The van der Waals surface area contributed by atoms with Crippen molar-refractivity contribution in [2.45, 2.75) is 12.0 Å². The van der Waals surface area contributed by atoms with Crippen molar-refractivity contribution in [1.29, 1.82) is 0 Å². The molecular weight excluding hydrogens is 410 g/mol. The molecule has 5 nitrogen and oxygen atoms in total. The number of aromatic nitrogens is 3. The van der Waals surface area contributed by atoms with Crippen LogP contribution in [-0.2, 0) is 4.74 Å². The number of ether oxygens (including phenoxy) is 1. The molecule has 4 aromatic rings. The van der Waals surface area contributed by atoms with E-state index < -0.39 is 0 Å². The van der Waals surface area contributed by atoms with E-state index in [0.717, 1.165) is 22.3 Å². The number of benzene rings is 3. The van der Waals surface area contributed by atoms with Crippen LogP contribution in [0.3, 0.4) is 0 Å². The summed E-state index contributed by atoms with van der Waals surface area (Å²) < 4.78 is 5.60. The normalized spacial score (nSPS) is 18.4. The van der Waals surface area contributed by atoms with Gasteiger partial charge in [-0.3, -0.25) is 0 Å². The zero-order chi connectivity index (χ0) is 22.2. The van der Waals surface area contributed by atoms with Gasteiger partial charge < -0.3 is 4.74 Å². The Kier molecular flexibility index (Phi) is 4.65. The van der Waals surface area contributed by atoms with Gasteiger partial charge in [-0.05, 0) is 23.8 Å². The van der Waals surface area contributed by atoms with E-state index in [4.69, 9.17) is 19.7 Å². The van der Waals surface area contributed by atoms with Gasteiger partial charge in [-0.1, -0.05) is 85.0 Å². The molecule has 0 bridgehead atoms. The fourth-order valence-electron chi connectivity index (χ4n) is 4.27. The lowest BCUT2D eigenvalue weighted by Crippen LogP contribution is -2.30.